The summed E-state index contributed by atoms with van der Waals surface area (Å²) >= 11 is 1.87. The topological polar surface area (TPSA) is 28.2 Å². The van der Waals surface area contributed by atoms with E-state index in [1.807, 2.05) is 11.3 Å². The van der Waals surface area contributed by atoms with Crippen LogP contribution in [0.5, 0.6) is 0 Å². The molecule has 3 nitrogen and oxygen atoms in total. The third kappa shape index (κ3) is 3.04. The van der Waals surface area contributed by atoms with E-state index in [1.54, 1.807) is 0 Å². The molecule has 0 aromatic carbocycles. The van der Waals surface area contributed by atoms with Crippen molar-refractivity contribution < 1.29 is 0 Å². The van der Waals surface area contributed by atoms with E-state index in [4.69, 9.17) is 4.98 Å². The fourth-order valence-electron chi connectivity index (χ4n) is 2.64. The molecule has 2 atom stereocenters. The zero-order valence-corrected chi connectivity index (χ0v) is 12.8. The summed E-state index contributed by atoms with van der Waals surface area (Å²) < 4.78 is 0. The van der Waals surface area contributed by atoms with Gasteiger partial charge in [0.1, 0.15) is 0 Å². The molecule has 1 aliphatic rings. The van der Waals surface area contributed by atoms with Crippen LogP contribution in [-0.2, 0) is 6.54 Å². The first kappa shape index (κ1) is 13.8. The van der Waals surface area contributed by atoms with Gasteiger partial charge in [-0.1, -0.05) is 13.8 Å². The molecule has 2 rings (SSSR count). The van der Waals surface area contributed by atoms with Gasteiger partial charge in [-0.2, -0.15) is 0 Å². The van der Waals surface area contributed by atoms with Gasteiger partial charge >= 0.3 is 0 Å². The molecule has 1 fully saturated rings. The van der Waals surface area contributed by atoms with Crippen molar-refractivity contribution in [2.45, 2.75) is 53.1 Å². The van der Waals surface area contributed by atoms with Crippen LogP contribution in [0.25, 0.3) is 0 Å². The fourth-order valence-corrected chi connectivity index (χ4v) is 3.79. The standard InChI is InChI=1S/C14H25N3S/c1-5-6-15-8-13-12(4)16-14(18-13)17-9-10(2)7-11(17)3/h10-11,15H,5-9H2,1-4H3. The molecule has 2 unspecified atom stereocenters. The van der Waals surface area contributed by atoms with Crippen LogP contribution >= 0.6 is 11.3 Å². The SMILES string of the molecule is CCCNCc1sc(N2CC(C)CC2C)nc1C. The number of hydrogen-bond acceptors (Lipinski definition) is 4. The molecular formula is C14H25N3S. The zero-order chi connectivity index (χ0) is 13.1. The lowest BCUT2D eigenvalue weighted by Crippen LogP contribution is -2.26. The van der Waals surface area contributed by atoms with Gasteiger partial charge < -0.3 is 10.2 Å². The number of hydrogen-bond donors (Lipinski definition) is 1. The molecule has 1 aliphatic heterocycles. The zero-order valence-electron chi connectivity index (χ0n) is 12.0. The second kappa shape index (κ2) is 6.02. The largest absolute Gasteiger partial charge is 0.345 e. The summed E-state index contributed by atoms with van der Waals surface area (Å²) in [5, 5.41) is 4.69. The molecule has 0 amide bonds. The van der Waals surface area contributed by atoms with Crippen LogP contribution in [-0.4, -0.2) is 24.1 Å². The van der Waals surface area contributed by atoms with E-state index >= 15 is 0 Å². The van der Waals surface area contributed by atoms with E-state index in [2.05, 4.69) is 37.9 Å². The first-order valence-corrected chi connectivity index (χ1v) is 7.87. The number of rotatable bonds is 5. The first-order valence-electron chi connectivity index (χ1n) is 7.05. The summed E-state index contributed by atoms with van der Waals surface area (Å²) in [7, 11) is 0. The molecule has 0 spiro atoms. The summed E-state index contributed by atoms with van der Waals surface area (Å²) in [5.41, 5.74) is 1.20. The van der Waals surface area contributed by atoms with Gasteiger partial charge in [-0.15, -0.1) is 11.3 Å². The fraction of sp³-hybridized carbons (Fsp3) is 0.786. The van der Waals surface area contributed by atoms with Gasteiger partial charge in [0.15, 0.2) is 5.13 Å². The number of aromatic nitrogens is 1. The Morgan fingerprint density at radius 1 is 1.44 bits per heavy atom. The number of nitrogens with one attached hydrogen (secondary N) is 1. The van der Waals surface area contributed by atoms with Crippen molar-refractivity contribution in [2.75, 3.05) is 18.0 Å². The van der Waals surface area contributed by atoms with Crippen molar-refractivity contribution in [1.29, 1.82) is 0 Å². The summed E-state index contributed by atoms with van der Waals surface area (Å²) in [5.74, 6) is 0.797. The van der Waals surface area contributed by atoms with Crippen LogP contribution in [0, 0.1) is 12.8 Å². The molecule has 1 N–H and O–H groups in total. The molecule has 1 aromatic rings. The van der Waals surface area contributed by atoms with E-state index < -0.39 is 0 Å². The maximum absolute atomic E-state index is 4.76. The predicted octanol–water partition coefficient (Wildman–Crippen LogP) is 3.19. The number of anilines is 1. The Morgan fingerprint density at radius 3 is 2.83 bits per heavy atom. The maximum atomic E-state index is 4.76. The van der Waals surface area contributed by atoms with Gasteiger partial charge in [-0.05, 0) is 39.2 Å². The Balaban J connectivity index is 2.04. The van der Waals surface area contributed by atoms with Crippen molar-refractivity contribution in [1.82, 2.24) is 10.3 Å². The Labute approximate surface area is 115 Å². The normalized spacial score (nSPS) is 23.9. The number of nitrogens with zero attached hydrogens (tertiary/aromatic N) is 2. The molecule has 2 heterocycles. The van der Waals surface area contributed by atoms with Crippen molar-refractivity contribution in [3.05, 3.63) is 10.6 Å². The van der Waals surface area contributed by atoms with Gasteiger partial charge in [0.25, 0.3) is 0 Å². The third-order valence-electron chi connectivity index (χ3n) is 3.62. The Bertz CT molecular complexity index is 388. The van der Waals surface area contributed by atoms with E-state index in [1.165, 1.54) is 28.5 Å². The maximum Gasteiger partial charge on any atom is 0.186 e. The van der Waals surface area contributed by atoms with Gasteiger partial charge in [-0.25, -0.2) is 4.98 Å². The Hall–Kier alpha value is -0.610. The first-order chi connectivity index (χ1) is 8.61. The average Bonchev–Trinajstić information content (AvgIpc) is 2.83. The minimum absolute atomic E-state index is 0.641. The van der Waals surface area contributed by atoms with Gasteiger partial charge in [0, 0.05) is 24.0 Å². The molecule has 0 aliphatic carbocycles. The van der Waals surface area contributed by atoms with Crippen molar-refractivity contribution >= 4 is 16.5 Å². The van der Waals surface area contributed by atoms with Crippen LogP contribution in [0.4, 0.5) is 5.13 Å². The van der Waals surface area contributed by atoms with Gasteiger partial charge in [-0.3, -0.25) is 0 Å². The van der Waals surface area contributed by atoms with Gasteiger partial charge in [0.2, 0.25) is 0 Å². The van der Waals surface area contributed by atoms with Crippen LogP contribution in [0.2, 0.25) is 0 Å². The van der Waals surface area contributed by atoms with Crippen LogP contribution in [0.15, 0.2) is 0 Å². The number of thiazole rings is 1. The minimum Gasteiger partial charge on any atom is -0.345 e. The molecule has 102 valence electrons. The Kier molecular flexibility index (Phi) is 4.62. The molecule has 0 radical (unpaired) electrons. The molecule has 4 heteroatoms. The summed E-state index contributed by atoms with van der Waals surface area (Å²) in [6.07, 6.45) is 2.48. The summed E-state index contributed by atoms with van der Waals surface area (Å²) in [6.45, 7) is 12.2. The lowest BCUT2D eigenvalue weighted by atomic mass is 10.1. The molecular weight excluding hydrogens is 242 g/mol. The third-order valence-corrected chi connectivity index (χ3v) is 4.82. The number of aryl methyl sites for hydroxylation is 1. The highest BCUT2D eigenvalue weighted by Gasteiger charge is 2.28. The highest BCUT2D eigenvalue weighted by molar-refractivity contribution is 7.15. The summed E-state index contributed by atoms with van der Waals surface area (Å²) in [4.78, 5) is 8.63. The van der Waals surface area contributed by atoms with Crippen molar-refractivity contribution in [3.8, 4) is 0 Å². The smallest absolute Gasteiger partial charge is 0.186 e. The van der Waals surface area contributed by atoms with Crippen LogP contribution in [0.3, 0.4) is 0 Å². The highest BCUT2D eigenvalue weighted by Crippen LogP contribution is 2.33. The van der Waals surface area contributed by atoms with E-state index in [0.717, 1.165) is 25.6 Å². The van der Waals surface area contributed by atoms with Gasteiger partial charge in [0.05, 0.1) is 5.69 Å². The second-order valence-electron chi connectivity index (χ2n) is 5.52. The highest BCUT2D eigenvalue weighted by atomic mass is 32.1. The molecule has 0 saturated carbocycles. The van der Waals surface area contributed by atoms with Crippen LogP contribution in [0.1, 0.15) is 44.2 Å². The molecule has 0 bridgehead atoms. The lowest BCUT2D eigenvalue weighted by molar-refractivity contribution is 0.625. The lowest BCUT2D eigenvalue weighted by Gasteiger charge is -2.19. The van der Waals surface area contributed by atoms with Crippen molar-refractivity contribution in [3.63, 3.8) is 0 Å². The quantitative estimate of drug-likeness (QED) is 0.831. The predicted molar refractivity (Wildman–Crippen MR) is 79.4 cm³/mol. The van der Waals surface area contributed by atoms with E-state index in [0.29, 0.717) is 6.04 Å². The molecule has 1 saturated heterocycles. The minimum atomic E-state index is 0.641. The van der Waals surface area contributed by atoms with E-state index in [-0.39, 0.29) is 0 Å². The second-order valence-corrected chi connectivity index (χ2v) is 6.59. The molecule has 1 aromatic heterocycles. The monoisotopic (exact) mass is 267 g/mol. The van der Waals surface area contributed by atoms with E-state index in [9.17, 15) is 0 Å². The Morgan fingerprint density at radius 2 is 2.22 bits per heavy atom. The molecule has 18 heavy (non-hydrogen) atoms. The summed E-state index contributed by atoms with van der Waals surface area (Å²) in [6, 6.07) is 0.641. The van der Waals surface area contributed by atoms with Crippen LogP contribution < -0.4 is 10.2 Å². The van der Waals surface area contributed by atoms with Crippen molar-refractivity contribution in [2.24, 2.45) is 5.92 Å². The average molecular weight is 267 g/mol.